The number of hydrogen-bond acceptors (Lipinski definition) is 5. The maximum Gasteiger partial charge on any atom is 0.327 e. The molecular formula is C12H18BrN3O3. The van der Waals surface area contributed by atoms with Crippen molar-refractivity contribution in [1.29, 1.82) is 0 Å². The Hall–Kier alpha value is -1.37. The molecule has 19 heavy (non-hydrogen) atoms. The molecule has 106 valence electrons. The molecule has 0 aliphatic heterocycles. The predicted octanol–water partition coefficient (Wildman–Crippen LogP) is 1.78. The first-order chi connectivity index (χ1) is 9.01. The van der Waals surface area contributed by atoms with E-state index >= 15 is 0 Å². The number of halogens is 1. The number of carbonyl (C=O) groups is 1. The fourth-order valence-electron chi connectivity index (χ4n) is 1.50. The molecule has 0 radical (unpaired) electrons. The van der Waals surface area contributed by atoms with Crippen LogP contribution in [0.25, 0.3) is 0 Å². The Labute approximate surface area is 120 Å². The zero-order valence-corrected chi connectivity index (χ0v) is 12.9. The number of ether oxygens (including phenoxy) is 1. The summed E-state index contributed by atoms with van der Waals surface area (Å²) in [6, 6.07) is -0.547. The standard InChI is InChI=1S/C12H18BrN3O3/c1-4-5-6-16-11(17)10(13)9(7-14-16)15-8(2)12(18)19-3/h7-8,15H,4-6H2,1-3H3. The van der Waals surface area contributed by atoms with Crippen LogP contribution in [-0.4, -0.2) is 28.9 Å². The molecule has 1 aromatic heterocycles. The number of hydrogen-bond donors (Lipinski definition) is 1. The lowest BCUT2D eigenvalue weighted by Crippen LogP contribution is -2.30. The fourth-order valence-corrected chi connectivity index (χ4v) is 1.92. The Bertz CT molecular complexity index is 501. The Kier molecular flexibility index (Phi) is 6.01. The van der Waals surface area contributed by atoms with Crippen LogP contribution in [0.3, 0.4) is 0 Å². The maximum atomic E-state index is 12.0. The highest BCUT2D eigenvalue weighted by Crippen LogP contribution is 2.17. The lowest BCUT2D eigenvalue weighted by atomic mass is 10.3. The van der Waals surface area contributed by atoms with Crippen LogP contribution in [0.2, 0.25) is 0 Å². The minimum Gasteiger partial charge on any atom is -0.467 e. The maximum absolute atomic E-state index is 12.0. The normalized spacial score (nSPS) is 12.0. The first kappa shape index (κ1) is 15.7. The number of nitrogens with zero attached hydrogens (tertiary/aromatic N) is 2. The van der Waals surface area contributed by atoms with E-state index < -0.39 is 12.0 Å². The highest BCUT2D eigenvalue weighted by Gasteiger charge is 2.16. The van der Waals surface area contributed by atoms with Gasteiger partial charge in [0.2, 0.25) is 0 Å². The van der Waals surface area contributed by atoms with Crippen LogP contribution in [0.15, 0.2) is 15.5 Å². The summed E-state index contributed by atoms with van der Waals surface area (Å²) in [6.07, 6.45) is 3.41. The second-order valence-corrected chi connectivity index (χ2v) is 4.94. The number of anilines is 1. The smallest absolute Gasteiger partial charge is 0.327 e. The average Bonchev–Trinajstić information content (AvgIpc) is 2.42. The molecule has 0 fully saturated rings. The van der Waals surface area contributed by atoms with Gasteiger partial charge < -0.3 is 10.1 Å². The quantitative estimate of drug-likeness (QED) is 0.804. The van der Waals surface area contributed by atoms with Crippen LogP contribution in [-0.2, 0) is 16.1 Å². The van der Waals surface area contributed by atoms with E-state index in [-0.39, 0.29) is 5.56 Å². The molecule has 0 aromatic carbocycles. The molecule has 6 nitrogen and oxygen atoms in total. The monoisotopic (exact) mass is 331 g/mol. The Morgan fingerprint density at radius 3 is 2.89 bits per heavy atom. The molecule has 0 aliphatic carbocycles. The molecule has 0 aliphatic rings. The van der Waals surface area contributed by atoms with Gasteiger partial charge in [-0.1, -0.05) is 13.3 Å². The van der Waals surface area contributed by atoms with Crippen molar-refractivity contribution in [1.82, 2.24) is 9.78 Å². The first-order valence-electron chi connectivity index (χ1n) is 6.11. The summed E-state index contributed by atoms with van der Waals surface area (Å²) in [7, 11) is 1.32. The zero-order valence-electron chi connectivity index (χ0n) is 11.3. The van der Waals surface area contributed by atoms with Crippen LogP contribution in [0.1, 0.15) is 26.7 Å². The second kappa shape index (κ2) is 7.28. The van der Waals surface area contributed by atoms with Crippen molar-refractivity contribution < 1.29 is 9.53 Å². The summed E-state index contributed by atoms with van der Waals surface area (Å²) < 4.78 is 6.38. The van der Waals surface area contributed by atoms with Crippen molar-refractivity contribution in [2.75, 3.05) is 12.4 Å². The van der Waals surface area contributed by atoms with E-state index in [0.717, 1.165) is 12.8 Å². The summed E-state index contributed by atoms with van der Waals surface area (Å²) in [4.78, 5) is 23.3. The molecule has 1 unspecified atom stereocenters. The van der Waals surface area contributed by atoms with Crippen molar-refractivity contribution in [2.45, 2.75) is 39.3 Å². The Morgan fingerprint density at radius 1 is 1.63 bits per heavy atom. The van der Waals surface area contributed by atoms with E-state index in [4.69, 9.17) is 0 Å². The van der Waals surface area contributed by atoms with Crippen LogP contribution in [0.5, 0.6) is 0 Å². The molecular weight excluding hydrogens is 314 g/mol. The van der Waals surface area contributed by atoms with Crippen molar-refractivity contribution >= 4 is 27.6 Å². The number of unbranched alkanes of at least 4 members (excludes halogenated alkanes) is 1. The fraction of sp³-hybridized carbons (Fsp3) is 0.583. The molecule has 1 atom stereocenters. The number of esters is 1. The summed E-state index contributed by atoms with van der Waals surface area (Å²) in [5.41, 5.74) is 0.270. The van der Waals surface area contributed by atoms with Gasteiger partial charge in [0.15, 0.2) is 0 Å². The third-order valence-electron chi connectivity index (χ3n) is 2.64. The SMILES string of the molecule is CCCCn1ncc(NC(C)C(=O)OC)c(Br)c1=O. The van der Waals surface area contributed by atoms with E-state index in [0.29, 0.717) is 16.7 Å². The first-order valence-corrected chi connectivity index (χ1v) is 6.90. The number of aryl methyl sites for hydroxylation is 1. The summed E-state index contributed by atoms with van der Waals surface area (Å²) in [6.45, 7) is 4.29. The number of aromatic nitrogens is 2. The predicted molar refractivity (Wildman–Crippen MR) is 76.2 cm³/mol. The van der Waals surface area contributed by atoms with Crippen molar-refractivity contribution in [3.05, 3.63) is 21.0 Å². The van der Waals surface area contributed by atoms with Gasteiger partial charge in [0.1, 0.15) is 10.5 Å². The van der Waals surface area contributed by atoms with Crippen molar-refractivity contribution in [2.24, 2.45) is 0 Å². The van der Waals surface area contributed by atoms with E-state index in [2.05, 4.69) is 31.1 Å². The van der Waals surface area contributed by atoms with Gasteiger partial charge in [0, 0.05) is 6.54 Å². The van der Waals surface area contributed by atoms with E-state index in [1.807, 2.05) is 6.92 Å². The summed E-state index contributed by atoms with van der Waals surface area (Å²) >= 11 is 3.23. The van der Waals surface area contributed by atoms with Gasteiger partial charge in [-0.2, -0.15) is 5.10 Å². The average molecular weight is 332 g/mol. The van der Waals surface area contributed by atoms with E-state index in [1.54, 1.807) is 6.92 Å². The third-order valence-corrected chi connectivity index (χ3v) is 3.40. The van der Waals surface area contributed by atoms with Crippen molar-refractivity contribution in [3.8, 4) is 0 Å². The Balaban J connectivity index is 2.90. The topological polar surface area (TPSA) is 73.2 Å². The van der Waals surface area contributed by atoms with Gasteiger partial charge in [-0.15, -0.1) is 0 Å². The molecule has 0 amide bonds. The largest absolute Gasteiger partial charge is 0.467 e. The number of carbonyl (C=O) groups excluding carboxylic acids is 1. The van der Waals surface area contributed by atoms with Crippen LogP contribution in [0.4, 0.5) is 5.69 Å². The zero-order chi connectivity index (χ0) is 14.4. The molecule has 1 heterocycles. The molecule has 1 aromatic rings. The van der Waals surface area contributed by atoms with Gasteiger partial charge in [-0.3, -0.25) is 4.79 Å². The van der Waals surface area contributed by atoms with Crippen LogP contribution >= 0.6 is 15.9 Å². The highest BCUT2D eigenvalue weighted by molar-refractivity contribution is 9.10. The molecule has 0 saturated heterocycles. The van der Waals surface area contributed by atoms with Gasteiger partial charge in [-0.05, 0) is 29.3 Å². The third kappa shape index (κ3) is 4.05. The van der Waals surface area contributed by atoms with Gasteiger partial charge in [0.25, 0.3) is 5.56 Å². The van der Waals surface area contributed by atoms with Gasteiger partial charge >= 0.3 is 5.97 Å². The van der Waals surface area contributed by atoms with Gasteiger partial charge in [-0.25, -0.2) is 9.48 Å². The lowest BCUT2D eigenvalue weighted by Gasteiger charge is -2.14. The molecule has 1 N–H and O–H groups in total. The summed E-state index contributed by atoms with van der Waals surface area (Å²) in [5, 5.41) is 6.96. The number of methoxy groups -OCH3 is 1. The Morgan fingerprint density at radius 2 is 2.32 bits per heavy atom. The van der Waals surface area contributed by atoms with Crippen molar-refractivity contribution in [3.63, 3.8) is 0 Å². The van der Waals surface area contributed by atoms with Gasteiger partial charge in [0.05, 0.1) is 19.0 Å². The number of nitrogens with one attached hydrogen (secondary N) is 1. The van der Waals surface area contributed by atoms with E-state index in [9.17, 15) is 9.59 Å². The number of rotatable bonds is 6. The molecule has 0 saturated carbocycles. The minimum absolute atomic E-state index is 0.212. The van der Waals surface area contributed by atoms with E-state index in [1.165, 1.54) is 18.0 Å². The van der Waals surface area contributed by atoms with Crippen LogP contribution < -0.4 is 10.9 Å². The molecule has 0 bridgehead atoms. The molecule has 7 heteroatoms. The minimum atomic E-state index is -0.547. The van der Waals surface area contributed by atoms with Crippen LogP contribution in [0, 0.1) is 0 Å². The molecule has 0 spiro atoms. The lowest BCUT2D eigenvalue weighted by molar-refractivity contribution is -0.141. The molecule has 1 rings (SSSR count). The summed E-state index contributed by atoms with van der Waals surface area (Å²) in [5.74, 6) is -0.401. The highest BCUT2D eigenvalue weighted by atomic mass is 79.9. The second-order valence-electron chi connectivity index (χ2n) is 4.14.